The minimum absolute atomic E-state index is 0.0430. The largest absolute Gasteiger partial charge is 0.459 e. The van der Waals surface area contributed by atoms with Gasteiger partial charge in [-0.25, -0.2) is 19.2 Å². The molecule has 2 heterocycles. The van der Waals surface area contributed by atoms with Gasteiger partial charge in [-0.3, -0.25) is 38.6 Å². The van der Waals surface area contributed by atoms with Gasteiger partial charge in [0.1, 0.15) is 83.5 Å². The van der Waals surface area contributed by atoms with E-state index in [-0.39, 0.29) is 136 Å². The SMILES string of the molecule is C=C(C)C(=O)OC1CCCC(N(C(=O)CN2C(=O)c3cc(Oc4ccccc4C)c4c5c(Oc6ccccc6C)cc6c7c(cc(Oc8ccccc8C)c(c8c(Oc9ccccc9C)cc(c3c48)C2=O)c75)C(=O)N(CC(=O)N(C2CCCC(OC(=O)C(=C)C)C2)C2CCCC(OC(=O)C(=C)C)C2)C6=O)C2CCCC(OC(=O)C(=C)C)C2)C1. The summed E-state index contributed by atoms with van der Waals surface area (Å²) in [5, 5.41) is 1.75. The molecule has 9 aromatic carbocycles. The van der Waals surface area contributed by atoms with Crippen LogP contribution < -0.4 is 18.9 Å². The number of rotatable bonds is 24. The van der Waals surface area contributed by atoms with Gasteiger partial charge in [-0.1, -0.05) is 99.1 Å². The van der Waals surface area contributed by atoms with Crippen molar-refractivity contribution >= 4 is 102 Å². The molecule has 9 aromatic rings. The fourth-order valence-electron chi connectivity index (χ4n) is 18.1. The summed E-state index contributed by atoms with van der Waals surface area (Å²) in [5.41, 5.74) is 3.41. The lowest BCUT2D eigenvalue weighted by Crippen LogP contribution is -2.56. The number of fused-ring (bicyclic) bond motifs is 2. The number of para-hydroxylation sites is 4. The highest BCUT2D eigenvalue weighted by atomic mass is 16.6. The molecule has 4 saturated carbocycles. The Labute approximate surface area is 684 Å². The molecule has 15 rings (SSSR count). The lowest BCUT2D eigenvalue weighted by molar-refractivity contribution is -0.153. The summed E-state index contributed by atoms with van der Waals surface area (Å²) < 4.78 is 53.2. The van der Waals surface area contributed by atoms with Crippen molar-refractivity contribution in [3.8, 4) is 46.0 Å². The molecule has 0 saturated heterocycles. The highest BCUT2D eigenvalue weighted by molar-refractivity contribution is 6.45. The van der Waals surface area contributed by atoms with Gasteiger partial charge in [0.2, 0.25) is 11.8 Å². The number of ether oxygens (including phenoxy) is 8. The van der Waals surface area contributed by atoms with E-state index in [4.69, 9.17) is 37.9 Å². The fraction of sp³-hybridized carbons (Fsp3) is 0.354. The van der Waals surface area contributed by atoms with E-state index in [1.807, 2.05) is 76.2 Å². The fourth-order valence-corrected chi connectivity index (χ4v) is 18.1. The predicted octanol–water partition coefficient (Wildman–Crippen LogP) is 18.7. The Morgan fingerprint density at radius 1 is 0.322 bits per heavy atom. The zero-order chi connectivity index (χ0) is 83.4. The van der Waals surface area contributed by atoms with E-state index in [1.165, 1.54) is 0 Å². The summed E-state index contributed by atoms with van der Waals surface area (Å²) in [7, 11) is 0. The summed E-state index contributed by atoms with van der Waals surface area (Å²) in [6, 6.07) is 33.2. The van der Waals surface area contributed by atoms with Crippen molar-refractivity contribution in [2.45, 2.75) is 207 Å². The van der Waals surface area contributed by atoms with Gasteiger partial charge >= 0.3 is 23.9 Å². The number of amides is 6. The number of hydrogen-bond donors (Lipinski definition) is 0. The van der Waals surface area contributed by atoms with Crippen LogP contribution in [0.2, 0.25) is 0 Å². The molecule has 22 nitrogen and oxygen atoms in total. The normalized spacial score (nSPS) is 20.4. The summed E-state index contributed by atoms with van der Waals surface area (Å²) in [4.78, 5) is 156. The molecule has 22 heteroatoms. The number of imide groups is 2. The first-order valence-electron chi connectivity index (χ1n) is 40.7. The van der Waals surface area contributed by atoms with Gasteiger partial charge < -0.3 is 47.7 Å². The Kier molecular flexibility index (Phi) is 22.8. The van der Waals surface area contributed by atoms with Gasteiger partial charge in [-0.15, -0.1) is 0 Å². The maximum atomic E-state index is 16.6. The van der Waals surface area contributed by atoms with E-state index in [1.54, 1.807) is 110 Å². The van der Waals surface area contributed by atoms with Crippen LogP contribution in [-0.4, -0.2) is 141 Å². The van der Waals surface area contributed by atoms with Crippen LogP contribution in [0.3, 0.4) is 0 Å². The van der Waals surface area contributed by atoms with Crippen molar-refractivity contribution in [3.05, 3.63) is 214 Å². The van der Waals surface area contributed by atoms with E-state index in [2.05, 4.69) is 26.3 Å². The first-order chi connectivity index (χ1) is 56.6. The molecule has 0 bridgehead atoms. The average Bonchev–Trinajstić information content (AvgIpc) is 0.670. The monoisotopic (exact) mass is 1590 g/mol. The molecule has 4 aliphatic carbocycles. The predicted molar refractivity (Wildman–Crippen MR) is 445 cm³/mol. The summed E-state index contributed by atoms with van der Waals surface area (Å²) in [5.74, 6) is -5.23. The van der Waals surface area contributed by atoms with Crippen molar-refractivity contribution in [1.82, 2.24) is 19.6 Å². The standard InChI is InChI=1S/C96H96N4O18/c1-51(2)93(107)111-63-33-21-29-59(41-63)99(60-30-22-34-64(42-60)112-94(108)52(3)4)79(101)49-97-89(103)67-45-75(115-71-37-17-13-25-55(71)9)83-85-77(117-73-39-19-15-27-57(73)11)47-69-82-70(48-78(118-74-40-20-16-28-58(74)12)86(88(82)85)84-76(116-72-38-18-14-26-56(72)10)46-68(90(97)104)81(67)87(83)84)92(106)98(91(69)105)50-80(102)100(61-31-23-35-65(43-61)113-95(109)53(5)6)62-32-24-36-66(44-62)114-96(110)54(7)8/h13-20,25-28,37-40,45-48,59-66H,1,3,5,7,21-24,29-36,41-44,49-50H2,2,4,6,8-12H3. The molecule has 608 valence electrons. The second-order valence-electron chi connectivity index (χ2n) is 32.7. The summed E-state index contributed by atoms with van der Waals surface area (Å²) in [6.45, 7) is 27.4. The Bertz CT molecular complexity index is 5070. The molecule has 6 aliphatic rings. The van der Waals surface area contributed by atoms with Gasteiger partial charge in [-0.05, 0) is 203 Å². The second kappa shape index (κ2) is 33.3. The molecule has 0 N–H and O–H groups in total. The minimum atomic E-state index is -0.850. The first-order valence-corrected chi connectivity index (χ1v) is 40.7. The van der Waals surface area contributed by atoms with Crippen molar-refractivity contribution in [1.29, 1.82) is 0 Å². The van der Waals surface area contributed by atoms with E-state index in [9.17, 15) is 19.2 Å². The van der Waals surface area contributed by atoms with E-state index >= 15 is 28.8 Å². The Morgan fingerprint density at radius 3 is 0.754 bits per heavy atom. The Hall–Kier alpha value is -12.5. The zero-order valence-electron chi connectivity index (χ0n) is 67.9. The van der Waals surface area contributed by atoms with Crippen LogP contribution in [0.4, 0.5) is 0 Å². The lowest BCUT2D eigenvalue weighted by atomic mass is 9.80. The minimum Gasteiger partial charge on any atom is -0.459 e. The van der Waals surface area contributed by atoms with Crippen LogP contribution >= 0.6 is 0 Å². The van der Waals surface area contributed by atoms with E-state index in [0.29, 0.717) is 122 Å². The van der Waals surface area contributed by atoms with Crippen molar-refractivity contribution in [3.63, 3.8) is 0 Å². The van der Waals surface area contributed by atoms with Gasteiger partial charge in [0.05, 0.1) is 22.3 Å². The molecule has 0 radical (unpaired) electrons. The molecule has 0 spiro atoms. The van der Waals surface area contributed by atoms with Gasteiger partial charge in [0, 0.05) is 115 Å². The molecule has 4 fully saturated rings. The highest BCUT2D eigenvalue weighted by Crippen LogP contribution is 2.59. The van der Waals surface area contributed by atoms with Gasteiger partial charge in [0.25, 0.3) is 23.6 Å². The van der Waals surface area contributed by atoms with Crippen LogP contribution in [0.1, 0.15) is 194 Å². The lowest BCUT2D eigenvalue weighted by Gasteiger charge is -2.45. The van der Waals surface area contributed by atoms with Crippen molar-refractivity contribution in [2.75, 3.05) is 13.1 Å². The third-order valence-corrected chi connectivity index (χ3v) is 23.9. The van der Waals surface area contributed by atoms with Gasteiger partial charge in [-0.2, -0.15) is 0 Å². The van der Waals surface area contributed by atoms with E-state index in [0.717, 1.165) is 9.80 Å². The molecular formula is C96H96N4O18. The molecule has 0 aromatic heterocycles. The molecule has 6 amide bonds. The van der Waals surface area contributed by atoms with Crippen molar-refractivity contribution in [2.24, 2.45) is 0 Å². The summed E-state index contributed by atoms with van der Waals surface area (Å²) in [6.07, 6.45) is 4.93. The maximum absolute atomic E-state index is 16.6. The van der Waals surface area contributed by atoms with E-state index < -0.39 is 121 Å². The quantitative estimate of drug-likeness (QED) is 0.0136. The third-order valence-electron chi connectivity index (χ3n) is 23.9. The van der Waals surface area contributed by atoms with Crippen LogP contribution in [0.15, 0.2) is 170 Å². The molecule has 118 heavy (non-hydrogen) atoms. The molecule has 8 atom stereocenters. The molecule has 2 aliphatic heterocycles. The summed E-state index contributed by atoms with van der Waals surface area (Å²) >= 11 is 0. The van der Waals surface area contributed by atoms with Crippen LogP contribution in [0, 0.1) is 27.7 Å². The number of nitrogens with zero attached hydrogens (tertiary/aromatic N) is 4. The second-order valence-corrected chi connectivity index (χ2v) is 32.7. The topological polar surface area (TPSA) is 258 Å². The van der Waals surface area contributed by atoms with Crippen LogP contribution in [-0.2, 0) is 47.7 Å². The first kappa shape index (κ1) is 80.7. The smallest absolute Gasteiger partial charge is 0.333 e. The number of carbonyl (C=O) groups excluding carboxylic acids is 10. The average molecular weight is 1590 g/mol. The van der Waals surface area contributed by atoms with Crippen molar-refractivity contribution < 1.29 is 85.8 Å². The Balaban J connectivity index is 0.962. The number of hydrogen-bond acceptors (Lipinski definition) is 18. The number of esters is 4. The third kappa shape index (κ3) is 15.7. The van der Waals surface area contributed by atoms with Crippen LogP contribution in [0.5, 0.6) is 46.0 Å². The number of aryl methyl sites for hydroxylation is 4. The molecular weight excluding hydrogens is 1500 g/mol. The zero-order valence-corrected chi connectivity index (χ0v) is 67.9. The van der Waals surface area contributed by atoms with Gasteiger partial charge in [0.15, 0.2) is 0 Å². The maximum Gasteiger partial charge on any atom is 0.333 e. The highest BCUT2D eigenvalue weighted by Gasteiger charge is 2.47. The Morgan fingerprint density at radius 2 is 0.542 bits per heavy atom. The van der Waals surface area contributed by atoms with Crippen LogP contribution in [0.25, 0.3) is 43.1 Å². The number of benzene rings is 9. The molecule has 8 unspecified atom stereocenters. The number of carbonyl (C=O) groups is 10.